The van der Waals surface area contributed by atoms with Gasteiger partial charge >= 0.3 is 0 Å². The Labute approximate surface area is 145 Å². The summed E-state index contributed by atoms with van der Waals surface area (Å²) < 4.78 is 0. The Hall–Kier alpha value is -1.71. The highest BCUT2D eigenvalue weighted by atomic mass is 35.5. The SMILES string of the molecule is CCCCN1c2ccc(Cl)cc2Sc2cc3ccccc3nc21. The van der Waals surface area contributed by atoms with Gasteiger partial charge in [-0.1, -0.05) is 54.9 Å². The van der Waals surface area contributed by atoms with E-state index in [2.05, 4.69) is 48.2 Å². The third kappa shape index (κ3) is 2.68. The number of fused-ring (bicyclic) bond motifs is 3. The van der Waals surface area contributed by atoms with Crippen LogP contribution < -0.4 is 4.90 Å². The molecule has 0 saturated heterocycles. The average Bonchev–Trinajstić information content (AvgIpc) is 2.56. The van der Waals surface area contributed by atoms with E-state index >= 15 is 0 Å². The summed E-state index contributed by atoms with van der Waals surface area (Å²) in [6, 6.07) is 16.7. The van der Waals surface area contributed by atoms with E-state index in [9.17, 15) is 0 Å². The van der Waals surface area contributed by atoms with Gasteiger partial charge in [-0.25, -0.2) is 4.98 Å². The van der Waals surface area contributed by atoms with Crippen LogP contribution in [0.3, 0.4) is 0 Å². The summed E-state index contributed by atoms with van der Waals surface area (Å²) in [6.07, 6.45) is 2.30. The normalized spacial score (nSPS) is 13.0. The number of pyridine rings is 1. The van der Waals surface area contributed by atoms with Crippen molar-refractivity contribution < 1.29 is 0 Å². The van der Waals surface area contributed by atoms with Crippen molar-refractivity contribution in [2.24, 2.45) is 0 Å². The number of nitrogens with zero attached hydrogens (tertiary/aromatic N) is 2. The van der Waals surface area contributed by atoms with Crippen molar-refractivity contribution in [3.63, 3.8) is 0 Å². The molecule has 3 aromatic rings. The number of hydrogen-bond donors (Lipinski definition) is 0. The molecule has 1 aromatic heterocycles. The highest BCUT2D eigenvalue weighted by Gasteiger charge is 2.25. The molecule has 0 atom stereocenters. The Balaban J connectivity index is 1.89. The molecule has 2 aromatic carbocycles. The molecule has 0 saturated carbocycles. The fourth-order valence-corrected chi connectivity index (χ4v) is 4.30. The zero-order valence-corrected chi connectivity index (χ0v) is 14.5. The van der Waals surface area contributed by atoms with E-state index in [-0.39, 0.29) is 0 Å². The average molecular weight is 341 g/mol. The zero-order valence-electron chi connectivity index (χ0n) is 12.9. The van der Waals surface area contributed by atoms with Crippen LogP contribution in [0.15, 0.2) is 58.3 Å². The molecule has 0 amide bonds. The molecule has 0 radical (unpaired) electrons. The summed E-state index contributed by atoms with van der Waals surface area (Å²) in [5.74, 6) is 1.07. The highest BCUT2D eigenvalue weighted by molar-refractivity contribution is 7.99. The third-order valence-corrected chi connectivity index (χ3v) is 5.40. The second-order valence-corrected chi connectivity index (χ2v) is 7.24. The molecule has 0 unspecified atom stereocenters. The van der Waals surface area contributed by atoms with Crippen LogP contribution in [0.2, 0.25) is 5.02 Å². The molecule has 2 nitrogen and oxygen atoms in total. The van der Waals surface area contributed by atoms with Crippen molar-refractivity contribution in [1.29, 1.82) is 0 Å². The molecular weight excluding hydrogens is 324 g/mol. The lowest BCUT2D eigenvalue weighted by Crippen LogP contribution is -2.23. The van der Waals surface area contributed by atoms with Crippen molar-refractivity contribution in [3.8, 4) is 0 Å². The largest absolute Gasteiger partial charge is 0.324 e. The van der Waals surface area contributed by atoms with Crippen LogP contribution in [-0.2, 0) is 0 Å². The van der Waals surface area contributed by atoms with Gasteiger partial charge in [0.25, 0.3) is 0 Å². The summed E-state index contributed by atoms with van der Waals surface area (Å²) in [5.41, 5.74) is 2.26. The van der Waals surface area contributed by atoms with Crippen molar-refractivity contribution in [1.82, 2.24) is 4.98 Å². The molecule has 1 aliphatic rings. The number of para-hydroxylation sites is 1. The first-order valence-electron chi connectivity index (χ1n) is 7.91. The maximum Gasteiger partial charge on any atom is 0.147 e. The van der Waals surface area contributed by atoms with Gasteiger partial charge in [0.05, 0.1) is 16.1 Å². The van der Waals surface area contributed by atoms with E-state index in [1.807, 2.05) is 12.1 Å². The van der Waals surface area contributed by atoms with Crippen molar-refractivity contribution >= 4 is 45.8 Å². The second kappa shape index (κ2) is 6.06. The first-order chi connectivity index (χ1) is 11.3. The van der Waals surface area contributed by atoms with Crippen LogP contribution in [-0.4, -0.2) is 11.5 Å². The van der Waals surface area contributed by atoms with Crippen molar-refractivity contribution in [2.45, 2.75) is 29.6 Å². The monoisotopic (exact) mass is 340 g/mol. The van der Waals surface area contributed by atoms with Gasteiger partial charge in [0.15, 0.2) is 0 Å². The maximum atomic E-state index is 6.20. The molecule has 0 spiro atoms. The molecule has 2 heterocycles. The standard InChI is InChI=1S/C19H17ClN2S/c1-2-3-10-22-16-9-8-14(20)12-17(16)23-18-11-13-6-4-5-7-15(13)21-19(18)22/h4-9,11-12H,2-3,10H2,1H3. The molecule has 0 fully saturated rings. The number of rotatable bonds is 3. The van der Waals surface area contributed by atoms with Crippen molar-refractivity contribution in [3.05, 3.63) is 53.6 Å². The van der Waals surface area contributed by atoms with Crippen LogP contribution in [0.25, 0.3) is 10.9 Å². The van der Waals surface area contributed by atoms with Crippen molar-refractivity contribution in [2.75, 3.05) is 11.4 Å². The molecule has 0 N–H and O–H groups in total. The molecule has 4 rings (SSSR count). The van der Waals surface area contributed by atoms with Crippen LogP contribution in [0.1, 0.15) is 19.8 Å². The zero-order chi connectivity index (χ0) is 15.8. The fourth-order valence-electron chi connectivity index (χ4n) is 2.92. The van der Waals surface area contributed by atoms with E-state index in [1.54, 1.807) is 11.8 Å². The maximum absolute atomic E-state index is 6.20. The lowest BCUT2D eigenvalue weighted by Gasteiger charge is -2.32. The Morgan fingerprint density at radius 1 is 1.09 bits per heavy atom. The molecule has 1 aliphatic heterocycles. The predicted octanol–water partition coefficient (Wildman–Crippen LogP) is 6.29. The molecular formula is C19H17ClN2S. The quantitative estimate of drug-likeness (QED) is 0.557. The lowest BCUT2D eigenvalue weighted by molar-refractivity contribution is 0.770. The predicted molar refractivity (Wildman–Crippen MR) is 99.2 cm³/mol. The van der Waals surface area contributed by atoms with Gasteiger partial charge in [-0.2, -0.15) is 0 Å². The van der Waals surface area contributed by atoms with Gasteiger partial charge in [-0.05, 0) is 36.8 Å². The fraction of sp³-hybridized carbons (Fsp3) is 0.211. The number of halogens is 1. The topological polar surface area (TPSA) is 16.1 Å². The molecule has 0 aliphatic carbocycles. The molecule has 4 heteroatoms. The number of benzene rings is 2. The molecule has 0 bridgehead atoms. The summed E-state index contributed by atoms with van der Waals surface area (Å²) in [4.78, 5) is 9.69. The molecule has 116 valence electrons. The van der Waals surface area contributed by atoms with Gasteiger partial charge in [0.2, 0.25) is 0 Å². The smallest absolute Gasteiger partial charge is 0.147 e. The Bertz CT molecular complexity index is 878. The van der Waals surface area contributed by atoms with Gasteiger partial charge in [-0.3, -0.25) is 0 Å². The van der Waals surface area contributed by atoms with E-state index in [1.165, 1.54) is 20.9 Å². The van der Waals surface area contributed by atoms with E-state index < -0.39 is 0 Å². The number of hydrogen-bond acceptors (Lipinski definition) is 3. The first kappa shape index (κ1) is 14.9. The van der Waals surface area contributed by atoms with Crippen LogP contribution >= 0.6 is 23.4 Å². The van der Waals surface area contributed by atoms with Gasteiger partial charge in [0.1, 0.15) is 5.82 Å². The highest BCUT2D eigenvalue weighted by Crippen LogP contribution is 2.48. The van der Waals surface area contributed by atoms with Gasteiger partial charge in [-0.15, -0.1) is 0 Å². The Kier molecular flexibility index (Phi) is 3.92. The number of aromatic nitrogens is 1. The van der Waals surface area contributed by atoms with E-state index in [0.29, 0.717) is 0 Å². The summed E-state index contributed by atoms with van der Waals surface area (Å²) in [7, 11) is 0. The van der Waals surface area contributed by atoms with Gasteiger partial charge < -0.3 is 4.90 Å². The summed E-state index contributed by atoms with van der Waals surface area (Å²) >= 11 is 7.96. The summed E-state index contributed by atoms with van der Waals surface area (Å²) in [5, 5.41) is 1.96. The van der Waals surface area contributed by atoms with Crippen LogP contribution in [0.5, 0.6) is 0 Å². The van der Waals surface area contributed by atoms with E-state index in [4.69, 9.17) is 16.6 Å². The first-order valence-corrected chi connectivity index (χ1v) is 9.10. The Morgan fingerprint density at radius 3 is 2.83 bits per heavy atom. The Morgan fingerprint density at radius 2 is 1.96 bits per heavy atom. The number of unbranched alkanes of at least 4 members (excludes halogenated alkanes) is 1. The van der Waals surface area contributed by atoms with Crippen LogP contribution in [0, 0.1) is 0 Å². The third-order valence-electron chi connectivity index (χ3n) is 4.09. The van der Waals surface area contributed by atoms with E-state index in [0.717, 1.165) is 35.7 Å². The van der Waals surface area contributed by atoms with Crippen LogP contribution in [0.4, 0.5) is 11.5 Å². The summed E-state index contributed by atoms with van der Waals surface area (Å²) in [6.45, 7) is 3.19. The number of anilines is 2. The lowest BCUT2D eigenvalue weighted by atomic mass is 10.2. The minimum atomic E-state index is 0.781. The second-order valence-electron chi connectivity index (χ2n) is 5.72. The minimum absolute atomic E-state index is 0.781. The van der Waals surface area contributed by atoms with Gasteiger partial charge in [0, 0.05) is 21.8 Å². The minimum Gasteiger partial charge on any atom is -0.324 e. The molecule has 23 heavy (non-hydrogen) atoms.